The number of carbonyl (C=O) groups excluding carboxylic acids is 1. The third kappa shape index (κ3) is 4.28. The topological polar surface area (TPSA) is 54.9 Å². The van der Waals surface area contributed by atoms with E-state index in [1.807, 2.05) is 78.6 Å². The molecule has 1 aromatic heterocycles. The van der Waals surface area contributed by atoms with Gasteiger partial charge < -0.3 is 19.3 Å². The maximum Gasteiger partial charge on any atom is 0.255 e. The number of fused-ring (bicyclic) bond motifs is 1. The minimum atomic E-state index is 0.0514. The summed E-state index contributed by atoms with van der Waals surface area (Å²) in [5, 5.41) is 0.888. The Morgan fingerprint density at radius 2 is 1.51 bits per heavy atom. The van der Waals surface area contributed by atoms with Crippen molar-refractivity contribution in [1.29, 1.82) is 0 Å². The van der Waals surface area contributed by atoms with Crippen molar-refractivity contribution in [3.63, 3.8) is 0 Å². The van der Waals surface area contributed by atoms with E-state index in [2.05, 4.69) is 11.0 Å². The van der Waals surface area contributed by atoms with Gasteiger partial charge in [-0.1, -0.05) is 30.3 Å². The van der Waals surface area contributed by atoms with Crippen molar-refractivity contribution >= 4 is 22.5 Å². The molecule has 0 N–H and O–H groups in total. The van der Waals surface area contributed by atoms with Crippen molar-refractivity contribution in [1.82, 2.24) is 9.88 Å². The standard InChI is InChI=1S/C29H29N3O3/c1-20-27(29(33)32-18-16-31(17-19-32)25-10-6-7-11-26(25)35-3)23-8-4-5-9-24(23)30-28(20)21-12-14-22(34-2)15-13-21/h4-15H,16-19H2,1-3H3. The number of para-hydroxylation sites is 3. The molecule has 0 unspecified atom stereocenters. The average molecular weight is 468 g/mol. The number of pyridine rings is 1. The van der Waals surface area contributed by atoms with Crippen LogP contribution in [0.5, 0.6) is 11.5 Å². The molecule has 0 aliphatic carbocycles. The van der Waals surface area contributed by atoms with Gasteiger partial charge in [-0.25, -0.2) is 4.98 Å². The predicted molar refractivity (Wildman–Crippen MR) is 140 cm³/mol. The molecule has 4 aromatic rings. The fourth-order valence-electron chi connectivity index (χ4n) is 4.81. The number of hydrogen-bond donors (Lipinski definition) is 0. The van der Waals surface area contributed by atoms with Crippen molar-refractivity contribution in [3.05, 3.63) is 83.9 Å². The number of ether oxygens (including phenoxy) is 2. The minimum Gasteiger partial charge on any atom is -0.497 e. The molecule has 0 saturated carbocycles. The first-order valence-electron chi connectivity index (χ1n) is 11.8. The molecule has 0 spiro atoms. The number of methoxy groups -OCH3 is 2. The van der Waals surface area contributed by atoms with Gasteiger partial charge in [-0.2, -0.15) is 0 Å². The number of anilines is 1. The Morgan fingerprint density at radius 3 is 2.23 bits per heavy atom. The highest BCUT2D eigenvalue weighted by Crippen LogP contribution is 2.33. The molecule has 1 saturated heterocycles. The van der Waals surface area contributed by atoms with Crippen molar-refractivity contribution in [2.24, 2.45) is 0 Å². The summed E-state index contributed by atoms with van der Waals surface area (Å²) in [7, 11) is 3.34. The van der Waals surface area contributed by atoms with Crippen LogP contribution < -0.4 is 14.4 Å². The second-order valence-corrected chi connectivity index (χ2v) is 8.66. The van der Waals surface area contributed by atoms with Gasteiger partial charge in [0.2, 0.25) is 0 Å². The highest BCUT2D eigenvalue weighted by atomic mass is 16.5. The van der Waals surface area contributed by atoms with Crippen LogP contribution in [0.4, 0.5) is 5.69 Å². The third-order valence-corrected chi connectivity index (χ3v) is 6.71. The first-order chi connectivity index (χ1) is 17.1. The number of piperazine rings is 1. The lowest BCUT2D eigenvalue weighted by Crippen LogP contribution is -2.49. The maximum absolute atomic E-state index is 13.9. The number of benzene rings is 3. The van der Waals surface area contributed by atoms with Crippen LogP contribution in [0.15, 0.2) is 72.8 Å². The van der Waals surface area contributed by atoms with Crippen LogP contribution in [0, 0.1) is 6.92 Å². The molecule has 0 bridgehead atoms. The van der Waals surface area contributed by atoms with Crippen LogP contribution in [0.25, 0.3) is 22.2 Å². The molecule has 0 radical (unpaired) electrons. The Balaban J connectivity index is 1.47. The van der Waals surface area contributed by atoms with E-state index in [4.69, 9.17) is 14.5 Å². The number of rotatable bonds is 5. The van der Waals surface area contributed by atoms with Gasteiger partial charge in [-0.15, -0.1) is 0 Å². The summed E-state index contributed by atoms with van der Waals surface area (Å²) >= 11 is 0. The smallest absolute Gasteiger partial charge is 0.255 e. The Bertz CT molecular complexity index is 1360. The van der Waals surface area contributed by atoms with Crippen molar-refractivity contribution in [2.75, 3.05) is 45.3 Å². The molecule has 6 nitrogen and oxygen atoms in total. The SMILES string of the molecule is COc1ccc(-c2nc3ccccc3c(C(=O)N3CCN(c4ccccc4OC)CC3)c2C)cc1. The van der Waals surface area contributed by atoms with Gasteiger partial charge in [0, 0.05) is 37.1 Å². The monoisotopic (exact) mass is 467 g/mol. The first kappa shape index (κ1) is 22.7. The van der Waals surface area contributed by atoms with Gasteiger partial charge in [0.05, 0.1) is 36.7 Å². The number of amides is 1. The lowest BCUT2D eigenvalue weighted by Gasteiger charge is -2.37. The summed E-state index contributed by atoms with van der Waals surface area (Å²) in [5.41, 5.74) is 5.29. The Hall–Kier alpha value is -4.06. The van der Waals surface area contributed by atoms with Gasteiger partial charge in [0.1, 0.15) is 11.5 Å². The zero-order chi connectivity index (χ0) is 24.4. The third-order valence-electron chi connectivity index (χ3n) is 6.71. The van der Waals surface area contributed by atoms with Crippen LogP contribution in [0.2, 0.25) is 0 Å². The second kappa shape index (κ2) is 9.66. The minimum absolute atomic E-state index is 0.0514. The Kier molecular flexibility index (Phi) is 6.27. The van der Waals surface area contributed by atoms with E-state index < -0.39 is 0 Å². The van der Waals surface area contributed by atoms with Gasteiger partial charge in [0.25, 0.3) is 5.91 Å². The number of carbonyl (C=O) groups is 1. The van der Waals surface area contributed by atoms with E-state index in [0.29, 0.717) is 13.1 Å². The molecule has 1 aliphatic heterocycles. The zero-order valence-corrected chi connectivity index (χ0v) is 20.3. The molecule has 3 aromatic carbocycles. The fourth-order valence-corrected chi connectivity index (χ4v) is 4.81. The molecule has 5 rings (SSSR count). The maximum atomic E-state index is 13.9. The molecular weight excluding hydrogens is 438 g/mol. The van der Waals surface area contributed by atoms with Crippen LogP contribution in [0.3, 0.4) is 0 Å². The molecule has 2 heterocycles. The Morgan fingerprint density at radius 1 is 0.829 bits per heavy atom. The van der Waals surface area contributed by atoms with Gasteiger partial charge in [0.15, 0.2) is 0 Å². The average Bonchev–Trinajstić information content (AvgIpc) is 2.92. The molecule has 1 aliphatic rings. The summed E-state index contributed by atoms with van der Waals surface area (Å²) in [6.45, 7) is 4.78. The summed E-state index contributed by atoms with van der Waals surface area (Å²) in [6.07, 6.45) is 0. The van der Waals surface area contributed by atoms with Gasteiger partial charge in [-0.3, -0.25) is 4.79 Å². The normalized spacial score (nSPS) is 13.7. The van der Waals surface area contributed by atoms with E-state index in [1.54, 1.807) is 14.2 Å². The lowest BCUT2D eigenvalue weighted by molar-refractivity contribution is 0.0748. The number of aromatic nitrogens is 1. The quantitative estimate of drug-likeness (QED) is 0.404. The first-order valence-corrected chi connectivity index (χ1v) is 11.8. The van der Waals surface area contributed by atoms with E-state index in [9.17, 15) is 4.79 Å². The molecule has 0 atom stereocenters. The fraction of sp³-hybridized carbons (Fsp3) is 0.241. The van der Waals surface area contributed by atoms with Gasteiger partial charge >= 0.3 is 0 Å². The van der Waals surface area contributed by atoms with Crippen LogP contribution >= 0.6 is 0 Å². The predicted octanol–water partition coefficient (Wildman–Crippen LogP) is 5.19. The number of nitrogens with zero attached hydrogens (tertiary/aromatic N) is 3. The zero-order valence-electron chi connectivity index (χ0n) is 20.3. The summed E-state index contributed by atoms with van der Waals surface area (Å²) in [6, 6.07) is 23.7. The molecule has 35 heavy (non-hydrogen) atoms. The number of hydrogen-bond acceptors (Lipinski definition) is 5. The van der Waals surface area contributed by atoms with Crippen molar-refractivity contribution in [3.8, 4) is 22.8 Å². The molecule has 6 heteroatoms. The van der Waals surface area contributed by atoms with E-state index in [-0.39, 0.29) is 5.91 Å². The van der Waals surface area contributed by atoms with Gasteiger partial charge in [-0.05, 0) is 55.0 Å². The van der Waals surface area contributed by atoms with Crippen LogP contribution in [-0.2, 0) is 0 Å². The van der Waals surface area contributed by atoms with Crippen molar-refractivity contribution in [2.45, 2.75) is 6.92 Å². The molecule has 1 fully saturated rings. The summed E-state index contributed by atoms with van der Waals surface area (Å²) in [4.78, 5) is 23.1. The van der Waals surface area contributed by atoms with Crippen LogP contribution in [-0.4, -0.2) is 56.2 Å². The molecular formula is C29H29N3O3. The highest BCUT2D eigenvalue weighted by Gasteiger charge is 2.27. The molecule has 178 valence electrons. The molecule has 1 amide bonds. The second-order valence-electron chi connectivity index (χ2n) is 8.66. The van der Waals surface area contributed by atoms with Crippen LogP contribution in [0.1, 0.15) is 15.9 Å². The summed E-state index contributed by atoms with van der Waals surface area (Å²) in [5.74, 6) is 1.69. The van der Waals surface area contributed by atoms with Crippen molar-refractivity contribution < 1.29 is 14.3 Å². The lowest BCUT2D eigenvalue weighted by atomic mass is 9.96. The summed E-state index contributed by atoms with van der Waals surface area (Å²) < 4.78 is 10.8. The Labute approximate surface area is 205 Å². The van der Waals surface area contributed by atoms with E-state index in [0.717, 1.165) is 63.6 Å². The highest BCUT2D eigenvalue weighted by molar-refractivity contribution is 6.09. The largest absolute Gasteiger partial charge is 0.497 e. The van der Waals surface area contributed by atoms with E-state index >= 15 is 0 Å². The van der Waals surface area contributed by atoms with E-state index in [1.165, 1.54) is 0 Å².